The Morgan fingerprint density at radius 3 is 2.92 bits per heavy atom. The maximum absolute atomic E-state index is 6.01. The molecule has 0 amide bonds. The van der Waals surface area contributed by atoms with E-state index in [-0.39, 0.29) is 0 Å². The lowest BCUT2D eigenvalue weighted by Gasteiger charge is -2.03. The summed E-state index contributed by atoms with van der Waals surface area (Å²) in [7, 11) is 0. The van der Waals surface area contributed by atoms with Gasteiger partial charge in [-0.15, -0.1) is 22.9 Å². The summed E-state index contributed by atoms with van der Waals surface area (Å²) in [6.45, 7) is 2.13. The highest BCUT2D eigenvalue weighted by atomic mass is 79.9. The Morgan fingerprint density at radius 2 is 2.42 bits per heavy atom. The highest BCUT2D eigenvalue weighted by molar-refractivity contribution is 9.10. The first-order chi connectivity index (χ1) is 5.72. The fourth-order valence-corrected chi connectivity index (χ4v) is 2.57. The summed E-state index contributed by atoms with van der Waals surface area (Å²) in [5.74, 6) is 0. The van der Waals surface area contributed by atoms with Crippen LogP contribution in [0.3, 0.4) is 0 Å². The molecular formula is C9H12BrClS. The number of thiophene rings is 1. The molecule has 68 valence electrons. The number of alkyl halides is 1. The fraction of sp³-hybridized carbons (Fsp3) is 0.556. The van der Waals surface area contributed by atoms with Crippen molar-refractivity contribution in [1.82, 2.24) is 0 Å². The van der Waals surface area contributed by atoms with Crippen molar-refractivity contribution in [3.05, 3.63) is 20.8 Å². The summed E-state index contributed by atoms with van der Waals surface area (Å²) >= 11 is 11.2. The molecule has 1 unspecified atom stereocenters. The Morgan fingerprint density at radius 1 is 1.67 bits per heavy atom. The largest absolute Gasteiger partial charge is 0.148 e. The Labute approximate surface area is 91.1 Å². The van der Waals surface area contributed by atoms with Gasteiger partial charge in [-0.3, -0.25) is 0 Å². The van der Waals surface area contributed by atoms with Gasteiger partial charge in [-0.1, -0.05) is 6.92 Å². The van der Waals surface area contributed by atoms with Crippen molar-refractivity contribution < 1.29 is 0 Å². The quantitative estimate of drug-likeness (QED) is 0.707. The maximum atomic E-state index is 6.01. The van der Waals surface area contributed by atoms with Crippen LogP contribution in [0.25, 0.3) is 0 Å². The molecule has 0 N–H and O–H groups in total. The van der Waals surface area contributed by atoms with Crippen LogP contribution >= 0.6 is 38.9 Å². The van der Waals surface area contributed by atoms with E-state index in [0.717, 1.165) is 19.3 Å². The van der Waals surface area contributed by atoms with E-state index in [9.17, 15) is 0 Å². The number of aryl methyl sites for hydroxylation is 1. The summed E-state index contributed by atoms with van der Waals surface area (Å²) in [6, 6.07) is 2.17. The third-order valence-corrected chi connectivity index (χ3v) is 4.05. The maximum Gasteiger partial charge on any atom is 0.0336 e. The molecule has 0 saturated heterocycles. The summed E-state index contributed by atoms with van der Waals surface area (Å²) in [6.07, 6.45) is 3.26. The van der Waals surface area contributed by atoms with Crippen molar-refractivity contribution in [1.29, 1.82) is 0 Å². The van der Waals surface area contributed by atoms with Crippen LogP contribution in [-0.2, 0) is 6.42 Å². The molecule has 0 aliphatic carbocycles. The molecule has 0 aliphatic rings. The van der Waals surface area contributed by atoms with E-state index in [1.165, 1.54) is 9.35 Å². The molecule has 1 heterocycles. The van der Waals surface area contributed by atoms with Gasteiger partial charge in [0.1, 0.15) is 0 Å². The zero-order chi connectivity index (χ0) is 8.97. The molecule has 0 bridgehead atoms. The second-order valence-corrected chi connectivity index (χ2v) is 5.30. The number of rotatable bonds is 4. The van der Waals surface area contributed by atoms with E-state index < -0.39 is 0 Å². The van der Waals surface area contributed by atoms with Gasteiger partial charge in [0, 0.05) is 20.1 Å². The van der Waals surface area contributed by atoms with E-state index in [2.05, 4.69) is 34.3 Å². The molecule has 12 heavy (non-hydrogen) atoms. The van der Waals surface area contributed by atoms with Gasteiger partial charge in [0.25, 0.3) is 0 Å². The SMILES string of the molecule is CCC(Cl)CCc1cc(Br)cs1. The minimum absolute atomic E-state index is 0.339. The highest BCUT2D eigenvalue weighted by Gasteiger charge is 2.03. The average molecular weight is 268 g/mol. The van der Waals surface area contributed by atoms with Gasteiger partial charge in [-0.25, -0.2) is 0 Å². The first-order valence-electron chi connectivity index (χ1n) is 4.09. The van der Waals surface area contributed by atoms with Gasteiger partial charge in [0.05, 0.1) is 0 Å². The van der Waals surface area contributed by atoms with Gasteiger partial charge < -0.3 is 0 Å². The zero-order valence-electron chi connectivity index (χ0n) is 7.02. The molecule has 1 aromatic rings. The van der Waals surface area contributed by atoms with Crippen molar-refractivity contribution in [2.24, 2.45) is 0 Å². The van der Waals surface area contributed by atoms with Crippen LogP contribution in [0, 0.1) is 0 Å². The molecule has 0 fully saturated rings. The summed E-state index contributed by atoms with van der Waals surface area (Å²) in [5, 5.41) is 2.45. The molecule has 1 atom stereocenters. The smallest absolute Gasteiger partial charge is 0.0336 e. The van der Waals surface area contributed by atoms with Gasteiger partial charge in [0.2, 0.25) is 0 Å². The Bertz CT molecular complexity index is 234. The van der Waals surface area contributed by atoms with E-state index >= 15 is 0 Å². The van der Waals surface area contributed by atoms with Gasteiger partial charge in [-0.2, -0.15) is 0 Å². The molecule has 3 heteroatoms. The normalized spacial score (nSPS) is 13.2. The lowest BCUT2D eigenvalue weighted by atomic mass is 10.2. The predicted octanol–water partition coefficient (Wildman–Crippen LogP) is 4.46. The topological polar surface area (TPSA) is 0 Å². The lowest BCUT2D eigenvalue weighted by molar-refractivity contribution is 0.732. The minimum Gasteiger partial charge on any atom is -0.148 e. The predicted molar refractivity (Wildman–Crippen MR) is 60.3 cm³/mol. The monoisotopic (exact) mass is 266 g/mol. The molecule has 0 aliphatic heterocycles. The van der Waals surface area contributed by atoms with Crippen LogP contribution < -0.4 is 0 Å². The van der Waals surface area contributed by atoms with Crippen LogP contribution in [-0.4, -0.2) is 5.38 Å². The molecular weight excluding hydrogens is 256 g/mol. The van der Waals surface area contributed by atoms with Crippen LogP contribution in [0.5, 0.6) is 0 Å². The van der Waals surface area contributed by atoms with Crippen LogP contribution in [0.2, 0.25) is 0 Å². The van der Waals surface area contributed by atoms with Crippen LogP contribution in [0.4, 0.5) is 0 Å². The van der Waals surface area contributed by atoms with Crippen molar-refractivity contribution in [3.8, 4) is 0 Å². The number of hydrogen-bond acceptors (Lipinski definition) is 1. The Balaban J connectivity index is 2.33. The Hall–Kier alpha value is 0.470. The average Bonchev–Trinajstić information content (AvgIpc) is 2.47. The second kappa shape index (κ2) is 5.25. The van der Waals surface area contributed by atoms with Crippen LogP contribution in [0.1, 0.15) is 24.6 Å². The van der Waals surface area contributed by atoms with Crippen molar-refractivity contribution in [3.63, 3.8) is 0 Å². The fourth-order valence-electron chi connectivity index (χ4n) is 0.988. The van der Waals surface area contributed by atoms with E-state index in [0.29, 0.717) is 5.38 Å². The lowest BCUT2D eigenvalue weighted by Crippen LogP contribution is -1.96. The molecule has 0 aromatic carbocycles. The van der Waals surface area contributed by atoms with Crippen molar-refractivity contribution in [2.45, 2.75) is 31.6 Å². The van der Waals surface area contributed by atoms with Gasteiger partial charge >= 0.3 is 0 Å². The third kappa shape index (κ3) is 3.46. The van der Waals surface area contributed by atoms with Crippen molar-refractivity contribution >= 4 is 38.9 Å². The highest BCUT2D eigenvalue weighted by Crippen LogP contribution is 2.22. The zero-order valence-corrected chi connectivity index (χ0v) is 10.2. The molecule has 0 radical (unpaired) electrons. The first kappa shape index (κ1) is 10.6. The molecule has 0 nitrogen and oxygen atoms in total. The van der Waals surface area contributed by atoms with Crippen LogP contribution in [0.15, 0.2) is 15.9 Å². The van der Waals surface area contributed by atoms with Gasteiger partial charge in [0.15, 0.2) is 0 Å². The van der Waals surface area contributed by atoms with Gasteiger partial charge in [-0.05, 0) is 41.3 Å². The first-order valence-corrected chi connectivity index (χ1v) is 6.20. The standard InChI is InChI=1S/C9H12BrClS/c1-2-8(11)3-4-9-5-7(10)6-12-9/h5-6,8H,2-4H2,1H3. The van der Waals surface area contributed by atoms with E-state index in [1.54, 1.807) is 11.3 Å². The molecule has 0 saturated carbocycles. The van der Waals surface area contributed by atoms with E-state index in [1.807, 2.05) is 0 Å². The number of halogens is 2. The molecule has 0 spiro atoms. The number of hydrogen-bond donors (Lipinski definition) is 0. The van der Waals surface area contributed by atoms with E-state index in [4.69, 9.17) is 11.6 Å². The summed E-state index contributed by atoms with van der Waals surface area (Å²) < 4.78 is 1.19. The Kier molecular flexibility index (Phi) is 4.62. The second-order valence-electron chi connectivity index (χ2n) is 2.78. The molecule has 1 aromatic heterocycles. The summed E-state index contributed by atoms with van der Waals surface area (Å²) in [5.41, 5.74) is 0. The van der Waals surface area contributed by atoms with Crippen molar-refractivity contribution in [2.75, 3.05) is 0 Å². The molecule has 1 rings (SSSR count). The minimum atomic E-state index is 0.339. The third-order valence-electron chi connectivity index (χ3n) is 1.77. The summed E-state index contributed by atoms with van der Waals surface area (Å²) in [4.78, 5) is 1.42.